The lowest BCUT2D eigenvalue weighted by molar-refractivity contribution is -0.143. The van der Waals surface area contributed by atoms with Crippen LogP contribution in [-0.4, -0.2) is 15.7 Å². The highest BCUT2D eigenvalue weighted by atomic mass is 19.4. The fraction of sp³-hybridized carbons (Fsp3) is 0.200. The Morgan fingerprint density at radius 1 is 1.08 bits per heavy atom. The van der Waals surface area contributed by atoms with Crippen molar-refractivity contribution in [2.75, 3.05) is 5.32 Å². The van der Waals surface area contributed by atoms with Crippen molar-refractivity contribution < 1.29 is 31.1 Å². The minimum atomic E-state index is -4.94. The number of carbonyl (C=O) groups excluding carboxylic acids is 1. The summed E-state index contributed by atoms with van der Waals surface area (Å²) < 4.78 is 77.9. The molecule has 1 amide bonds. The quantitative estimate of drug-likeness (QED) is 0.659. The van der Waals surface area contributed by atoms with Gasteiger partial charge in [-0.05, 0) is 29.8 Å². The maximum atomic E-state index is 12.7. The van der Waals surface area contributed by atoms with Crippen LogP contribution in [0.4, 0.5) is 32.0 Å². The Morgan fingerprint density at radius 2 is 1.64 bits per heavy atom. The lowest BCUT2D eigenvalue weighted by Crippen LogP contribution is -2.11. The lowest BCUT2D eigenvalue weighted by Gasteiger charge is -2.12. The van der Waals surface area contributed by atoms with Crippen LogP contribution in [0.2, 0.25) is 0 Å². The average molecular weight is 363 g/mol. The predicted molar refractivity (Wildman–Crippen MR) is 77.3 cm³/mol. The molecule has 1 aromatic carbocycles. The van der Waals surface area contributed by atoms with Gasteiger partial charge in [-0.1, -0.05) is 0 Å². The molecule has 134 valence electrons. The fourth-order valence-electron chi connectivity index (χ4n) is 1.92. The number of anilines is 1. The van der Waals surface area contributed by atoms with Crippen molar-refractivity contribution in [2.24, 2.45) is 7.05 Å². The van der Waals surface area contributed by atoms with Crippen molar-refractivity contribution in [2.45, 2.75) is 12.4 Å². The number of nitrogens with zero attached hydrogens (tertiary/aromatic N) is 2. The van der Waals surface area contributed by atoms with Gasteiger partial charge < -0.3 is 5.32 Å². The van der Waals surface area contributed by atoms with E-state index >= 15 is 0 Å². The molecule has 0 saturated carbocycles. The first-order chi connectivity index (χ1) is 11.4. The maximum absolute atomic E-state index is 12.7. The number of nitrogens with one attached hydrogen (secondary N) is 1. The van der Waals surface area contributed by atoms with E-state index in [0.717, 1.165) is 12.2 Å². The second-order valence-electron chi connectivity index (χ2n) is 5.06. The number of hydrogen-bond donors (Lipinski definition) is 1. The van der Waals surface area contributed by atoms with Gasteiger partial charge in [-0.2, -0.15) is 31.4 Å². The molecule has 1 N–H and O–H groups in total. The van der Waals surface area contributed by atoms with E-state index < -0.39 is 35.0 Å². The molecule has 25 heavy (non-hydrogen) atoms. The molecule has 10 heteroatoms. The van der Waals surface area contributed by atoms with Crippen molar-refractivity contribution in [3.05, 3.63) is 53.4 Å². The number of carbonyl (C=O) groups is 1. The maximum Gasteiger partial charge on any atom is 0.416 e. The molecule has 0 radical (unpaired) electrons. The minimum absolute atomic E-state index is 0.0209. The van der Waals surface area contributed by atoms with E-state index in [1.54, 1.807) is 7.05 Å². The monoisotopic (exact) mass is 363 g/mol. The number of alkyl halides is 6. The zero-order chi connectivity index (χ0) is 18.8. The SMILES string of the molecule is Cn1cc(NC(=O)C=Cc2cc(C(F)(F)F)cc(C(F)(F)F)c2)cn1. The number of benzene rings is 1. The Kier molecular flexibility index (Phi) is 4.91. The Morgan fingerprint density at radius 3 is 2.08 bits per heavy atom. The van der Waals surface area contributed by atoms with Crippen LogP contribution in [0, 0.1) is 0 Å². The van der Waals surface area contributed by atoms with Crippen LogP contribution in [0.15, 0.2) is 36.7 Å². The fourth-order valence-corrected chi connectivity index (χ4v) is 1.92. The number of aromatic nitrogens is 2. The summed E-state index contributed by atoms with van der Waals surface area (Å²) in [6.45, 7) is 0. The summed E-state index contributed by atoms with van der Waals surface area (Å²) in [7, 11) is 1.60. The van der Waals surface area contributed by atoms with Gasteiger partial charge in [0.2, 0.25) is 5.91 Å². The molecule has 0 spiro atoms. The van der Waals surface area contributed by atoms with Crippen molar-refractivity contribution in [1.82, 2.24) is 9.78 Å². The molecule has 0 saturated heterocycles. The van der Waals surface area contributed by atoms with Crippen LogP contribution in [-0.2, 0) is 24.2 Å². The second kappa shape index (κ2) is 6.61. The van der Waals surface area contributed by atoms with E-state index in [1.807, 2.05) is 0 Å². The number of halogens is 6. The van der Waals surface area contributed by atoms with E-state index in [9.17, 15) is 31.1 Å². The zero-order valence-electron chi connectivity index (χ0n) is 12.6. The first-order valence-corrected chi connectivity index (χ1v) is 6.72. The third-order valence-electron chi connectivity index (χ3n) is 3.01. The molecule has 1 aromatic heterocycles. The highest BCUT2D eigenvalue weighted by Gasteiger charge is 2.36. The first-order valence-electron chi connectivity index (χ1n) is 6.72. The second-order valence-corrected chi connectivity index (χ2v) is 5.06. The predicted octanol–water partition coefficient (Wildman–Crippen LogP) is 4.11. The molecule has 0 aliphatic carbocycles. The molecule has 0 aliphatic rings. The first kappa shape index (κ1) is 18.6. The molecule has 2 aromatic rings. The highest BCUT2D eigenvalue weighted by molar-refractivity contribution is 6.01. The van der Waals surface area contributed by atoms with Crippen molar-refractivity contribution in [3.63, 3.8) is 0 Å². The van der Waals surface area contributed by atoms with Crippen LogP contribution >= 0.6 is 0 Å². The van der Waals surface area contributed by atoms with Gasteiger partial charge in [0.15, 0.2) is 0 Å². The average Bonchev–Trinajstić information content (AvgIpc) is 2.88. The molecule has 0 atom stereocenters. The third kappa shape index (κ3) is 5.10. The molecular formula is C15H11F6N3O. The number of rotatable bonds is 3. The number of hydrogen-bond acceptors (Lipinski definition) is 2. The van der Waals surface area contributed by atoms with Crippen molar-refractivity contribution >= 4 is 17.7 Å². The Labute approximate surface area is 137 Å². The van der Waals surface area contributed by atoms with Gasteiger partial charge in [-0.3, -0.25) is 9.48 Å². The van der Waals surface area contributed by atoms with Crippen molar-refractivity contribution in [1.29, 1.82) is 0 Å². The van der Waals surface area contributed by atoms with Gasteiger partial charge in [0.1, 0.15) is 0 Å². The highest BCUT2D eigenvalue weighted by Crippen LogP contribution is 2.36. The molecule has 4 nitrogen and oxygen atoms in total. The summed E-state index contributed by atoms with van der Waals surface area (Å²) in [6, 6.07) is 1.08. The van der Waals surface area contributed by atoms with E-state index in [4.69, 9.17) is 0 Å². The van der Waals surface area contributed by atoms with Crippen molar-refractivity contribution in [3.8, 4) is 0 Å². The largest absolute Gasteiger partial charge is 0.416 e. The molecule has 0 unspecified atom stereocenters. The van der Waals surface area contributed by atoms with Gasteiger partial charge >= 0.3 is 12.4 Å². The normalized spacial score (nSPS) is 12.6. The lowest BCUT2D eigenvalue weighted by atomic mass is 10.0. The van der Waals surface area contributed by atoms with Gasteiger partial charge in [0.25, 0.3) is 0 Å². The van der Waals surface area contributed by atoms with Gasteiger partial charge in [0, 0.05) is 19.3 Å². The van der Waals surface area contributed by atoms with Crippen LogP contribution in [0.5, 0.6) is 0 Å². The van der Waals surface area contributed by atoms with Crippen LogP contribution in [0.1, 0.15) is 16.7 Å². The standard InChI is InChI=1S/C15H11F6N3O/c1-24-8-12(7-22-24)23-13(25)3-2-9-4-10(14(16,17)18)6-11(5-9)15(19,20)21/h2-8H,1H3,(H,23,25). The van der Waals surface area contributed by atoms with E-state index in [2.05, 4.69) is 10.4 Å². The molecule has 0 fully saturated rings. The third-order valence-corrected chi connectivity index (χ3v) is 3.01. The summed E-state index contributed by atoms with van der Waals surface area (Å²) >= 11 is 0. The summed E-state index contributed by atoms with van der Waals surface area (Å²) in [4.78, 5) is 11.7. The summed E-state index contributed by atoms with van der Waals surface area (Å²) in [6.07, 6.45) is -5.38. The summed E-state index contributed by atoms with van der Waals surface area (Å²) in [5.41, 5.74) is -2.97. The summed E-state index contributed by atoms with van der Waals surface area (Å²) in [5.74, 6) is -0.723. The smallest absolute Gasteiger partial charge is 0.320 e. The Hall–Kier alpha value is -2.78. The van der Waals surface area contributed by atoms with Crippen LogP contribution in [0.25, 0.3) is 6.08 Å². The zero-order valence-corrected chi connectivity index (χ0v) is 12.6. The molecule has 1 heterocycles. The van der Waals surface area contributed by atoms with Gasteiger partial charge in [-0.25, -0.2) is 0 Å². The number of aryl methyl sites for hydroxylation is 1. The van der Waals surface area contributed by atoms with E-state index in [0.29, 0.717) is 17.8 Å². The molecular weight excluding hydrogens is 352 g/mol. The van der Waals surface area contributed by atoms with Crippen LogP contribution < -0.4 is 5.32 Å². The summed E-state index contributed by atoms with van der Waals surface area (Å²) in [5, 5.41) is 6.16. The minimum Gasteiger partial charge on any atom is -0.320 e. The Bertz CT molecular complexity index is 772. The topological polar surface area (TPSA) is 46.9 Å². The molecule has 0 aliphatic heterocycles. The van der Waals surface area contributed by atoms with E-state index in [1.165, 1.54) is 17.1 Å². The van der Waals surface area contributed by atoms with Gasteiger partial charge in [0.05, 0.1) is 23.0 Å². The van der Waals surface area contributed by atoms with E-state index in [-0.39, 0.29) is 6.07 Å². The van der Waals surface area contributed by atoms with Gasteiger partial charge in [-0.15, -0.1) is 0 Å². The molecule has 0 bridgehead atoms. The Balaban J connectivity index is 2.26. The van der Waals surface area contributed by atoms with Crippen LogP contribution in [0.3, 0.4) is 0 Å². The molecule has 2 rings (SSSR count). The number of amides is 1.